The highest BCUT2D eigenvalue weighted by Crippen LogP contribution is 2.44. The van der Waals surface area contributed by atoms with Crippen LogP contribution in [-0.2, 0) is 9.59 Å². The summed E-state index contributed by atoms with van der Waals surface area (Å²) in [6.07, 6.45) is 1.20. The second kappa shape index (κ2) is 7.91. The Morgan fingerprint density at radius 2 is 1.72 bits per heavy atom. The van der Waals surface area contributed by atoms with Crippen molar-refractivity contribution in [3.63, 3.8) is 0 Å². The van der Waals surface area contributed by atoms with E-state index < -0.39 is 0 Å². The lowest BCUT2D eigenvalue weighted by Crippen LogP contribution is -2.38. The van der Waals surface area contributed by atoms with Crippen LogP contribution in [0.1, 0.15) is 42.2 Å². The second-order valence-corrected chi connectivity index (χ2v) is 7.77. The number of Topliss-reactive ketones (excluding diaryl/α,β-unsaturated/α-hetero) is 1. The number of halogens is 1. The number of methoxy groups -OCH3 is 2. The van der Waals surface area contributed by atoms with Crippen LogP contribution in [0.5, 0.6) is 11.5 Å². The predicted molar refractivity (Wildman–Crippen MR) is 111 cm³/mol. The zero-order valence-electron chi connectivity index (χ0n) is 16.3. The van der Waals surface area contributed by atoms with E-state index in [1.165, 1.54) is 0 Å². The van der Waals surface area contributed by atoms with Crippen LogP contribution in [0.15, 0.2) is 53.7 Å². The van der Waals surface area contributed by atoms with Gasteiger partial charge in [0.25, 0.3) is 0 Å². The monoisotopic (exact) mass is 411 g/mol. The highest BCUT2D eigenvalue weighted by molar-refractivity contribution is 6.31. The van der Waals surface area contributed by atoms with Gasteiger partial charge in [0.05, 0.1) is 14.2 Å². The molecule has 6 heteroatoms. The highest BCUT2D eigenvalue weighted by atomic mass is 35.5. The van der Waals surface area contributed by atoms with E-state index in [1.54, 1.807) is 20.3 Å². The SMILES string of the molecule is COc1ccc([C@@H]2CC(=O)C3=C(C2)NC(=O)C[C@@H]3c2ccccc2Cl)cc1OC. The Kier molecular flexibility index (Phi) is 5.33. The van der Waals surface area contributed by atoms with Crippen molar-refractivity contribution in [1.29, 1.82) is 0 Å². The Morgan fingerprint density at radius 3 is 2.45 bits per heavy atom. The molecular weight excluding hydrogens is 390 g/mol. The number of hydrogen-bond acceptors (Lipinski definition) is 4. The maximum atomic E-state index is 13.2. The van der Waals surface area contributed by atoms with Crippen LogP contribution >= 0.6 is 11.6 Å². The van der Waals surface area contributed by atoms with E-state index in [0.29, 0.717) is 40.6 Å². The molecule has 2 aliphatic rings. The fourth-order valence-corrected chi connectivity index (χ4v) is 4.59. The van der Waals surface area contributed by atoms with Crippen molar-refractivity contribution >= 4 is 23.3 Å². The molecule has 4 rings (SSSR count). The first-order valence-corrected chi connectivity index (χ1v) is 9.92. The summed E-state index contributed by atoms with van der Waals surface area (Å²) in [7, 11) is 3.18. The Bertz CT molecular complexity index is 1010. The number of rotatable bonds is 4. The van der Waals surface area contributed by atoms with Gasteiger partial charge < -0.3 is 14.8 Å². The third-order valence-corrected chi connectivity index (χ3v) is 6.04. The van der Waals surface area contributed by atoms with Gasteiger partial charge in [0.1, 0.15) is 0 Å². The molecule has 0 saturated heterocycles. The summed E-state index contributed by atoms with van der Waals surface area (Å²) < 4.78 is 10.7. The summed E-state index contributed by atoms with van der Waals surface area (Å²) in [6.45, 7) is 0. The van der Waals surface area contributed by atoms with Crippen molar-refractivity contribution in [3.05, 3.63) is 69.9 Å². The molecule has 2 atom stereocenters. The van der Waals surface area contributed by atoms with E-state index in [9.17, 15) is 9.59 Å². The van der Waals surface area contributed by atoms with Crippen LogP contribution in [0.4, 0.5) is 0 Å². The zero-order chi connectivity index (χ0) is 20.5. The van der Waals surface area contributed by atoms with E-state index in [4.69, 9.17) is 21.1 Å². The van der Waals surface area contributed by atoms with Gasteiger partial charge in [0, 0.05) is 35.1 Å². The van der Waals surface area contributed by atoms with Gasteiger partial charge in [0.15, 0.2) is 17.3 Å². The molecule has 150 valence electrons. The summed E-state index contributed by atoms with van der Waals surface area (Å²) in [5, 5.41) is 3.52. The minimum absolute atomic E-state index is 0.0358. The van der Waals surface area contributed by atoms with Crippen LogP contribution in [0, 0.1) is 0 Å². The van der Waals surface area contributed by atoms with Crippen LogP contribution in [0.25, 0.3) is 0 Å². The van der Waals surface area contributed by atoms with Crippen molar-refractivity contribution in [3.8, 4) is 11.5 Å². The van der Waals surface area contributed by atoms with E-state index in [0.717, 1.165) is 11.1 Å². The first-order valence-electron chi connectivity index (χ1n) is 9.54. The minimum atomic E-state index is -0.300. The number of allylic oxidation sites excluding steroid dienone is 2. The molecule has 1 amide bonds. The van der Waals surface area contributed by atoms with Gasteiger partial charge in [0.2, 0.25) is 5.91 Å². The molecule has 2 aromatic rings. The number of benzene rings is 2. The van der Waals surface area contributed by atoms with Crippen LogP contribution < -0.4 is 14.8 Å². The highest BCUT2D eigenvalue weighted by Gasteiger charge is 2.38. The zero-order valence-corrected chi connectivity index (χ0v) is 17.1. The molecular formula is C23H22ClNO4. The Hall–Kier alpha value is -2.79. The molecule has 1 N–H and O–H groups in total. The largest absolute Gasteiger partial charge is 0.493 e. The van der Waals surface area contributed by atoms with Gasteiger partial charge >= 0.3 is 0 Å². The summed E-state index contributed by atoms with van der Waals surface area (Å²) >= 11 is 6.38. The Morgan fingerprint density at radius 1 is 0.966 bits per heavy atom. The third kappa shape index (κ3) is 3.62. The fourth-order valence-electron chi connectivity index (χ4n) is 4.33. The lowest BCUT2D eigenvalue weighted by molar-refractivity contribution is -0.122. The van der Waals surface area contributed by atoms with E-state index in [1.807, 2.05) is 36.4 Å². The van der Waals surface area contributed by atoms with Crippen LogP contribution in [-0.4, -0.2) is 25.9 Å². The van der Waals surface area contributed by atoms with Gasteiger partial charge in [-0.15, -0.1) is 0 Å². The van der Waals surface area contributed by atoms with E-state index in [-0.39, 0.29) is 29.9 Å². The summed E-state index contributed by atoms with van der Waals surface area (Å²) in [5.74, 6) is 0.893. The van der Waals surface area contributed by atoms with Gasteiger partial charge in [-0.2, -0.15) is 0 Å². The van der Waals surface area contributed by atoms with Crippen molar-refractivity contribution in [2.24, 2.45) is 0 Å². The molecule has 1 heterocycles. The molecule has 0 spiro atoms. The number of carbonyl (C=O) groups excluding carboxylic acids is 2. The van der Waals surface area contributed by atoms with E-state index >= 15 is 0 Å². The van der Waals surface area contributed by atoms with Crippen molar-refractivity contribution in [1.82, 2.24) is 5.32 Å². The van der Waals surface area contributed by atoms with Gasteiger partial charge in [-0.1, -0.05) is 35.9 Å². The topological polar surface area (TPSA) is 64.6 Å². The summed E-state index contributed by atoms with van der Waals surface area (Å²) in [6, 6.07) is 13.1. The fraction of sp³-hybridized carbons (Fsp3) is 0.304. The number of hydrogen-bond donors (Lipinski definition) is 1. The Labute approximate surface area is 174 Å². The maximum Gasteiger partial charge on any atom is 0.225 e. The van der Waals surface area contributed by atoms with Crippen LogP contribution in [0.2, 0.25) is 5.02 Å². The number of ether oxygens (including phenoxy) is 2. The lowest BCUT2D eigenvalue weighted by Gasteiger charge is -2.34. The molecule has 2 aromatic carbocycles. The van der Waals surface area contributed by atoms with E-state index in [2.05, 4.69) is 5.32 Å². The molecule has 0 saturated carbocycles. The first-order chi connectivity index (χ1) is 14.0. The molecule has 0 unspecified atom stereocenters. The van der Waals surface area contributed by atoms with Gasteiger partial charge in [-0.3, -0.25) is 9.59 Å². The number of ketones is 1. The predicted octanol–water partition coefficient (Wildman–Crippen LogP) is 4.36. The smallest absolute Gasteiger partial charge is 0.225 e. The van der Waals surface area contributed by atoms with Crippen molar-refractivity contribution < 1.29 is 19.1 Å². The average Bonchev–Trinajstić information content (AvgIpc) is 2.72. The minimum Gasteiger partial charge on any atom is -0.493 e. The number of nitrogens with one attached hydrogen (secondary N) is 1. The van der Waals surface area contributed by atoms with Crippen LogP contribution in [0.3, 0.4) is 0 Å². The summed E-state index contributed by atoms with van der Waals surface area (Å²) in [4.78, 5) is 25.6. The van der Waals surface area contributed by atoms with Gasteiger partial charge in [-0.25, -0.2) is 0 Å². The normalized spacial score (nSPS) is 21.5. The number of carbonyl (C=O) groups is 2. The average molecular weight is 412 g/mol. The Balaban J connectivity index is 1.71. The van der Waals surface area contributed by atoms with Gasteiger partial charge in [-0.05, 0) is 41.7 Å². The molecule has 5 nitrogen and oxygen atoms in total. The third-order valence-electron chi connectivity index (χ3n) is 5.70. The number of amides is 1. The molecule has 0 radical (unpaired) electrons. The first kappa shape index (κ1) is 19.5. The molecule has 1 aliphatic carbocycles. The summed E-state index contributed by atoms with van der Waals surface area (Å²) in [5.41, 5.74) is 3.21. The molecule has 0 aromatic heterocycles. The quantitative estimate of drug-likeness (QED) is 0.811. The lowest BCUT2D eigenvalue weighted by atomic mass is 9.73. The molecule has 0 bridgehead atoms. The molecule has 1 aliphatic heterocycles. The van der Waals surface area contributed by atoms with Crippen molar-refractivity contribution in [2.75, 3.05) is 14.2 Å². The second-order valence-electron chi connectivity index (χ2n) is 7.36. The van der Waals surface area contributed by atoms with Crippen molar-refractivity contribution in [2.45, 2.75) is 31.1 Å². The standard InChI is InChI=1S/C23H22ClNO4/c1-28-20-8-7-13(11-21(20)29-2)14-9-18-23(19(26)10-14)16(12-22(27)25-18)15-5-3-4-6-17(15)24/h3-8,11,14,16H,9-10,12H2,1-2H3,(H,25,27)/t14-,16+/m0/s1. The molecule has 0 fully saturated rings. The molecule has 29 heavy (non-hydrogen) atoms. The maximum absolute atomic E-state index is 13.2.